The molecule has 0 N–H and O–H groups in total. The molecule has 0 radical (unpaired) electrons. The van der Waals surface area contributed by atoms with E-state index in [2.05, 4.69) is 30.0 Å². The highest BCUT2D eigenvalue weighted by Gasteiger charge is 2.20. The number of aromatic nitrogens is 4. The summed E-state index contributed by atoms with van der Waals surface area (Å²) in [5, 5.41) is 8.64. The van der Waals surface area contributed by atoms with Crippen molar-refractivity contribution in [2.24, 2.45) is 0 Å². The van der Waals surface area contributed by atoms with E-state index in [4.69, 9.17) is 0 Å². The number of piperazine rings is 1. The van der Waals surface area contributed by atoms with Gasteiger partial charge in [-0.3, -0.25) is 0 Å². The molecular formula is C19H19FN6. The Kier molecular flexibility index (Phi) is 4.43. The number of anilines is 2. The van der Waals surface area contributed by atoms with Crippen molar-refractivity contribution in [2.45, 2.75) is 6.92 Å². The summed E-state index contributed by atoms with van der Waals surface area (Å²) in [5.74, 6) is 1.37. The summed E-state index contributed by atoms with van der Waals surface area (Å²) >= 11 is 0. The van der Waals surface area contributed by atoms with Crippen LogP contribution in [0.3, 0.4) is 0 Å². The van der Waals surface area contributed by atoms with Crippen molar-refractivity contribution < 1.29 is 4.39 Å². The average molecular weight is 350 g/mol. The molecule has 132 valence electrons. The highest BCUT2D eigenvalue weighted by molar-refractivity contribution is 5.59. The summed E-state index contributed by atoms with van der Waals surface area (Å²) in [4.78, 5) is 13.2. The molecule has 1 fully saturated rings. The molecule has 6 nitrogen and oxygen atoms in total. The summed E-state index contributed by atoms with van der Waals surface area (Å²) in [6, 6.07) is 12.1. The molecule has 3 heterocycles. The van der Waals surface area contributed by atoms with E-state index in [0.717, 1.165) is 54.9 Å². The predicted octanol–water partition coefficient (Wildman–Crippen LogP) is 2.71. The molecule has 0 aliphatic carbocycles. The van der Waals surface area contributed by atoms with Crippen LogP contribution in [0.2, 0.25) is 0 Å². The third-order valence-corrected chi connectivity index (χ3v) is 4.46. The first kappa shape index (κ1) is 16.4. The molecule has 1 aliphatic heterocycles. The lowest BCUT2D eigenvalue weighted by molar-refractivity contribution is 0.628. The molecule has 0 spiro atoms. The first-order valence-corrected chi connectivity index (χ1v) is 8.58. The third-order valence-electron chi connectivity index (χ3n) is 4.46. The summed E-state index contributed by atoms with van der Waals surface area (Å²) < 4.78 is 13.0. The molecule has 26 heavy (non-hydrogen) atoms. The fourth-order valence-corrected chi connectivity index (χ4v) is 2.99. The average Bonchev–Trinajstić information content (AvgIpc) is 2.69. The van der Waals surface area contributed by atoms with Crippen LogP contribution in [0.4, 0.5) is 16.2 Å². The van der Waals surface area contributed by atoms with Crippen LogP contribution in [0.15, 0.2) is 48.7 Å². The van der Waals surface area contributed by atoms with E-state index in [9.17, 15) is 4.39 Å². The summed E-state index contributed by atoms with van der Waals surface area (Å²) in [5.41, 5.74) is 2.56. The fraction of sp³-hybridized carbons (Fsp3) is 0.263. The van der Waals surface area contributed by atoms with Crippen LogP contribution >= 0.6 is 0 Å². The van der Waals surface area contributed by atoms with E-state index in [1.807, 2.05) is 25.1 Å². The molecular weight excluding hydrogens is 331 g/mol. The van der Waals surface area contributed by atoms with Gasteiger partial charge in [0.25, 0.3) is 0 Å². The second-order valence-corrected chi connectivity index (χ2v) is 6.26. The standard InChI is InChI=1S/C19H19FN6/c1-14-8-9-21-19(22-14)26-12-10-25(11-13-26)18-7-6-17(23-24-18)15-2-4-16(20)5-3-15/h2-9H,10-13H2,1H3. The van der Waals surface area contributed by atoms with Crippen molar-refractivity contribution in [1.82, 2.24) is 20.2 Å². The Morgan fingerprint density at radius 3 is 2.23 bits per heavy atom. The van der Waals surface area contributed by atoms with E-state index in [1.165, 1.54) is 12.1 Å². The lowest BCUT2D eigenvalue weighted by atomic mass is 10.1. The zero-order chi connectivity index (χ0) is 17.9. The zero-order valence-corrected chi connectivity index (χ0v) is 14.5. The van der Waals surface area contributed by atoms with Gasteiger partial charge in [-0.2, -0.15) is 0 Å². The second kappa shape index (κ2) is 7.03. The molecule has 1 aliphatic rings. The Labute approximate surface area is 151 Å². The largest absolute Gasteiger partial charge is 0.352 e. The number of halogens is 1. The molecule has 1 saturated heterocycles. The van der Waals surface area contributed by atoms with E-state index >= 15 is 0 Å². The number of rotatable bonds is 3. The van der Waals surface area contributed by atoms with Crippen LogP contribution in [0, 0.1) is 12.7 Å². The monoisotopic (exact) mass is 350 g/mol. The molecule has 0 amide bonds. The van der Waals surface area contributed by atoms with Crippen molar-refractivity contribution in [2.75, 3.05) is 36.0 Å². The minimum Gasteiger partial charge on any atom is -0.352 e. The van der Waals surface area contributed by atoms with Crippen LogP contribution in [-0.2, 0) is 0 Å². The number of hydrogen-bond donors (Lipinski definition) is 0. The first-order valence-electron chi connectivity index (χ1n) is 8.58. The normalized spacial score (nSPS) is 14.5. The highest BCUT2D eigenvalue weighted by atomic mass is 19.1. The molecule has 2 aromatic heterocycles. The van der Waals surface area contributed by atoms with E-state index in [1.54, 1.807) is 18.3 Å². The van der Waals surface area contributed by atoms with Crippen molar-refractivity contribution >= 4 is 11.8 Å². The number of benzene rings is 1. The minimum absolute atomic E-state index is 0.256. The molecule has 0 atom stereocenters. The van der Waals surface area contributed by atoms with Crippen LogP contribution in [0.5, 0.6) is 0 Å². The van der Waals surface area contributed by atoms with Crippen LogP contribution < -0.4 is 9.80 Å². The van der Waals surface area contributed by atoms with Crippen LogP contribution in [0.25, 0.3) is 11.3 Å². The highest BCUT2D eigenvalue weighted by Crippen LogP contribution is 2.20. The number of nitrogens with zero attached hydrogens (tertiary/aromatic N) is 6. The van der Waals surface area contributed by atoms with Gasteiger partial charge in [-0.05, 0) is 49.4 Å². The minimum atomic E-state index is -0.256. The lowest BCUT2D eigenvalue weighted by Gasteiger charge is -2.35. The molecule has 3 aromatic rings. The summed E-state index contributed by atoms with van der Waals surface area (Å²) in [6.07, 6.45) is 1.80. The smallest absolute Gasteiger partial charge is 0.225 e. The van der Waals surface area contributed by atoms with Gasteiger partial charge in [0.1, 0.15) is 5.82 Å². The van der Waals surface area contributed by atoms with Crippen molar-refractivity contribution in [3.63, 3.8) is 0 Å². The molecule has 0 saturated carbocycles. The third kappa shape index (κ3) is 3.46. The summed E-state index contributed by atoms with van der Waals surface area (Å²) in [6.45, 7) is 5.32. The Hall–Kier alpha value is -3.09. The maximum atomic E-state index is 13.0. The fourth-order valence-electron chi connectivity index (χ4n) is 2.99. The van der Waals surface area contributed by atoms with Crippen molar-refractivity contribution in [3.8, 4) is 11.3 Å². The number of aryl methyl sites for hydroxylation is 1. The quantitative estimate of drug-likeness (QED) is 0.724. The number of hydrogen-bond acceptors (Lipinski definition) is 6. The Morgan fingerprint density at radius 1 is 0.846 bits per heavy atom. The van der Waals surface area contributed by atoms with E-state index in [0.29, 0.717) is 0 Å². The van der Waals surface area contributed by atoms with Gasteiger partial charge < -0.3 is 9.80 Å². The lowest BCUT2D eigenvalue weighted by Crippen LogP contribution is -2.47. The zero-order valence-electron chi connectivity index (χ0n) is 14.5. The van der Waals surface area contributed by atoms with Gasteiger partial charge in [0.2, 0.25) is 5.95 Å². The maximum absolute atomic E-state index is 13.0. The van der Waals surface area contributed by atoms with E-state index in [-0.39, 0.29) is 5.82 Å². The summed E-state index contributed by atoms with van der Waals surface area (Å²) in [7, 11) is 0. The SMILES string of the molecule is Cc1ccnc(N2CCN(c3ccc(-c4ccc(F)cc4)nn3)CC2)n1. The topological polar surface area (TPSA) is 58.0 Å². The van der Waals surface area contributed by atoms with Gasteiger partial charge in [0.15, 0.2) is 5.82 Å². The van der Waals surface area contributed by atoms with Gasteiger partial charge in [-0.25, -0.2) is 14.4 Å². The Morgan fingerprint density at radius 2 is 1.58 bits per heavy atom. The van der Waals surface area contributed by atoms with Crippen LogP contribution in [-0.4, -0.2) is 46.3 Å². The Balaban J connectivity index is 1.42. The first-order chi connectivity index (χ1) is 12.7. The molecule has 0 bridgehead atoms. The van der Waals surface area contributed by atoms with Crippen molar-refractivity contribution in [3.05, 3.63) is 60.2 Å². The van der Waals surface area contributed by atoms with E-state index < -0.39 is 0 Å². The maximum Gasteiger partial charge on any atom is 0.225 e. The second-order valence-electron chi connectivity index (χ2n) is 6.26. The molecule has 1 aromatic carbocycles. The van der Waals surface area contributed by atoms with Gasteiger partial charge in [0, 0.05) is 43.6 Å². The molecule has 0 unspecified atom stereocenters. The van der Waals surface area contributed by atoms with Gasteiger partial charge >= 0.3 is 0 Å². The Bertz CT molecular complexity index is 873. The predicted molar refractivity (Wildman–Crippen MR) is 98.6 cm³/mol. The van der Waals surface area contributed by atoms with Crippen molar-refractivity contribution in [1.29, 1.82) is 0 Å². The van der Waals surface area contributed by atoms with Gasteiger partial charge in [-0.1, -0.05) is 0 Å². The van der Waals surface area contributed by atoms with Gasteiger partial charge in [0.05, 0.1) is 5.69 Å². The van der Waals surface area contributed by atoms with Crippen LogP contribution in [0.1, 0.15) is 5.69 Å². The van der Waals surface area contributed by atoms with Gasteiger partial charge in [-0.15, -0.1) is 10.2 Å². The molecule has 7 heteroatoms. The molecule has 4 rings (SSSR count).